The van der Waals surface area contributed by atoms with Crippen LogP contribution in [0.2, 0.25) is 5.02 Å². The number of halogens is 1. The molecule has 14 heteroatoms. The fourth-order valence-corrected chi connectivity index (χ4v) is 4.25. The maximum atomic E-state index is 11.8. The van der Waals surface area contributed by atoms with Gasteiger partial charge in [0.2, 0.25) is 16.0 Å². The van der Waals surface area contributed by atoms with Crippen molar-refractivity contribution in [1.29, 1.82) is 0 Å². The first-order valence-electron chi connectivity index (χ1n) is 9.58. The minimum absolute atomic E-state index is 0.0543. The van der Waals surface area contributed by atoms with Gasteiger partial charge >= 0.3 is 0 Å². The lowest BCUT2D eigenvalue weighted by atomic mass is 10.2. The van der Waals surface area contributed by atoms with Crippen LogP contribution in [0.15, 0.2) is 59.6 Å². The van der Waals surface area contributed by atoms with Gasteiger partial charge in [-0.15, -0.1) is 0 Å². The molecule has 0 amide bonds. The van der Waals surface area contributed by atoms with Gasteiger partial charge in [-0.05, 0) is 35.9 Å². The van der Waals surface area contributed by atoms with Crippen molar-refractivity contribution >= 4 is 55.0 Å². The number of hydrogen-bond acceptors (Lipinski definition) is 8. The molecule has 1 heterocycles. The van der Waals surface area contributed by atoms with Gasteiger partial charge in [0.15, 0.2) is 5.82 Å². The molecule has 0 aliphatic heterocycles. The number of nitrogens with zero attached hydrogens (tertiary/aromatic N) is 2. The molecule has 0 saturated heterocycles. The van der Waals surface area contributed by atoms with Crippen molar-refractivity contribution in [3.63, 3.8) is 0 Å². The monoisotopic (exact) mass is 511 g/mol. The Bertz CT molecular complexity index is 1350. The number of nitrogens with two attached hydrogens (primary N) is 1. The molecule has 1 aromatic heterocycles. The number of hydrogen-bond donors (Lipinski definition) is 5. The van der Waals surface area contributed by atoms with Crippen LogP contribution in [0.25, 0.3) is 0 Å². The van der Waals surface area contributed by atoms with Crippen LogP contribution in [-0.4, -0.2) is 33.3 Å². The van der Waals surface area contributed by atoms with E-state index in [9.17, 15) is 16.8 Å². The SMILES string of the molecule is CCNS(=O)(=O)NCc1cccc(Nc2nc(Nc3cccc(S(N)(=O)=O)c3)ncc2Cl)c1. The summed E-state index contributed by atoms with van der Waals surface area (Å²) < 4.78 is 51.4. The molecule has 0 unspecified atom stereocenters. The van der Waals surface area contributed by atoms with Gasteiger partial charge in [0.25, 0.3) is 10.2 Å². The number of rotatable bonds is 10. The lowest BCUT2D eigenvalue weighted by molar-refractivity contribution is 0.568. The quantitative estimate of drug-likeness (QED) is 0.276. The minimum atomic E-state index is -3.86. The molecule has 0 spiro atoms. The molecule has 33 heavy (non-hydrogen) atoms. The highest BCUT2D eigenvalue weighted by Gasteiger charge is 2.11. The normalized spacial score (nSPS) is 11.8. The largest absolute Gasteiger partial charge is 0.339 e. The van der Waals surface area contributed by atoms with Crippen molar-refractivity contribution in [3.05, 3.63) is 65.3 Å². The average Bonchev–Trinajstić information content (AvgIpc) is 2.75. The molecule has 3 rings (SSSR count). The highest BCUT2D eigenvalue weighted by Crippen LogP contribution is 2.26. The molecular weight excluding hydrogens is 490 g/mol. The van der Waals surface area contributed by atoms with Crippen LogP contribution in [0, 0.1) is 0 Å². The van der Waals surface area contributed by atoms with E-state index in [4.69, 9.17) is 16.7 Å². The zero-order valence-electron chi connectivity index (χ0n) is 17.4. The van der Waals surface area contributed by atoms with Crippen LogP contribution in [0.3, 0.4) is 0 Å². The standard InChI is InChI=1S/C19H22ClN7O4S2/c1-2-23-33(30,31)24-11-13-5-3-6-14(9-13)25-18-17(20)12-22-19(27-18)26-15-7-4-8-16(10-15)32(21,28)29/h3-10,12,23-24H,2,11H2,1H3,(H2,21,28,29)(H2,22,25,26,27). The number of sulfonamides is 1. The second-order valence-electron chi connectivity index (χ2n) is 6.74. The average molecular weight is 512 g/mol. The minimum Gasteiger partial charge on any atom is -0.339 e. The maximum Gasteiger partial charge on any atom is 0.277 e. The number of benzene rings is 2. The highest BCUT2D eigenvalue weighted by molar-refractivity contribution is 7.89. The molecule has 6 N–H and O–H groups in total. The van der Waals surface area contributed by atoms with E-state index < -0.39 is 20.2 Å². The molecule has 0 radical (unpaired) electrons. The topological polar surface area (TPSA) is 168 Å². The molecular formula is C19H22ClN7O4S2. The predicted molar refractivity (Wildman–Crippen MR) is 127 cm³/mol. The third-order valence-electron chi connectivity index (χ3n) is 4.15. The summed E-state index contributed by atoms with van der Waals surface area (Å²) in [5, 5.41) is 11.4. The molecule has 11 nitrogen and oxygen atoms in total. The third kappa shape index (κ3) is 7.35. The summed E-state index contributed by atoms with van der Waals surface area (Å²) in [7, 11) is -7.43. The molecule has 0 fully saturated rings. The van der Waals surface area contributed by atoms with Gasteiger partial charge in [0.05, 0.1) is 11.1 Å². The lowest BCUT2D eigenvalue weighted by Crippen LogP contribution is -2.35. The Balaban J connectivity index is 1.76. The summed E-state index contributed by atoms with van der Waals surface area (Å²) in [5.74, 6) is 0.463. The summed E-state index contributed by atoms with van der Waals surface area (Å²) in [5.41, 5.74) is 1.76. The van der Waals surface area contributed by atoms with Crippen LogP contribution in [0.4, 0.5) is 23.1 Å². The molecule has 0 aliphatic carbocycles. The Morgan fingerprint density at radius 1 is 0.970 bits per heavy atom. The first-order chi connectivity index (χ1) is 15.6. The van der Waals surface area contributed by atoms with E-state index in [1.165, 1.54) is 24.4 Å². The molecule has 0 bridgehead atoms. The second kappa shape index (κ2) is 10.4. The summed E-state index contributed by atoms with van der Waals surface area (Å²) in [6.45, 7) is 2.07. The predicted octanol–water partition coefficient (Wildman–Crippen LogP) is 2.21. The van der Waals surface area contributed by atoms with Crippen molar-refractivity contribution < 1.29 is 16.8 Å². The number of aromatic nitrogens is 2. The van der Waals surface area contributed by atoms with Crippen LogP contribution >= 0.6 is 11.6 Å². The van der Waals surface area contributed by atoms with Gasteiger partial charge in [-0.25, -0.2) is 23.3 Å². The molecule has 3 aromatic rings. The Hall–Kier alpha value is -2.81. The molecule has 0 aliphatic rings. The van der Waals surface area contributed by atoms with Gasteiger partial charge in [0.1, 0.15) is 5.02 Å². The van der Waals surface area contributed by atoms with Crippen molar-refractivity contribution in [2.45, 2.75) is 18.4 Å². The van der Waals surface area contributed by atoms with Gasteiger partial charge in [-0.2, -0.15) is 18.1 Å². The van der Waals surface area contributed by atoms with Crippen LogP contribution < -0.4 is 25.2 Å². The highest BCUT2D eigenvalue weighted by atomic mass is 35.5. The first-order valence-corrected chi connectivity index (χ1v) is 13.0. The van der Waals surface area contributed by atoms with E-state index in [-0.39, 0.29) is 29.0 Å². The zero-order valence-corrected chi connectivity index (χ0v) is 19.8. The lowest BCUT2D eigenvalue weighted by Gasteiger charge is -2.12. The van der Waals surface area contributed by atoms with Crippen molar-refractivity contribution in [1.82, 2.24) is 19.4 Å². The van der Waals surface area contributed by atoms with Gasteiger partial charge in [-0.3, -0.25) is 0 Å². The second-order valence-corrected chi connectivity index (χ2v) is 10.3. The van der Waals surface area contributed by atoms with Crippen LogP contribution in [-0.2, 0) is 26.8 Å². The fraction of sp³-hybridized carbons (Fsp3) is 0.158. The fourth-order valence-electron chi connectivity index (χ4n) is 2.71. The Kier molecular flexibility index (Phi) is 7.84. The zero-order chi connectivity index (χ0) is 24.1. The van der Waals surface area contributed by atoms with Gasteiger partial charge < -0.3 is 10.6 Å². The first kappa shape index (κ1) is 24.8. The van der Waals surface area contributed by atoms with Crippen molar-refractivity contribution in [2.75, 3.05) is 17.2 Å². The maximum absolute atomic E-state index is 11.8. The summed E-state index contributed by atoms with van der Waals surface area (Å²) in [6.07, 6.45) is 1.39. The number of primary sulfonamides is 1. The van der Waals surface area contributed by atoms with E-state index in [2.05, 4.69) is 30.0 Å². The molecule has 176 valence electrons. The van der Waals surface area contributed by atoms with Crippen molar-refractivity contribution in [2.24, 2.45) is 5.14 Å². The smallest absolute Gasteiger partial charge is 0.277 e. The molecule has 0 saturated carbocycles. The van der Waals surface area contributed by atoms with Crippen molar-refractivity contribution in [3.8, 4) is 0 Å². The summed E-state index contributed by atoms with van der Waals surface area (Å²) >= 11 is 6.22. The van der Waals surface area contributed by atoms with E-state index in [0.717, 1.165) is 0 Å². The summed E-state index contributed by atoms with van der Waals surface area (Å²) in [6, 6.07) is 12.9. The van der Waals surface area contributed by atoms with E-state index >= 15 is 0 Å². The third-order valence-corrected chi connectivity index (χ3v) is 6.53. The van der Waals surface area contributed by atoms with Crippen LogP contribution in [0.1, 0.15) is 12.5 Å². The molecule has 0 atom stereocenters. The van der Waals surface area contributed by atoms with Gasteiger partial charge in [0, 0.05) is 24.5 Å². The van der Waals surface area contributed by atoms with E-state index in [0.29, 0.717) is 22.8 Å². The summed E-state index contributed by atoms with van der Waals surface area (Å²) in [4.78, 5) is 8.37. The van der Waals surface area contributed by atoms with E-state index in [1.807, 2.05) is 0 Å². The number of nitrogens with one attached hydrogen (secondary N) is 4. The number of anilines is 4. The van der Waals surface area contributed by atoms with E-state index in [1.54, 1.807) is 37.3 Å². The Morgan fingerprint density at radius 3 is 2.36 bits per heavy atom. The van der Waals surface area contributed by atoms with Crippen LogP contribution in [0.5, 0.6) is 0 Å². The van der Waals surface area contributed by atoms with Gasteiger partial charge in [-0.1, -0.05) is 36.7 Å². The molecule has 2 aromatic carbocycles. The Morgan fingerprint density at radius 2 is 1.67 bits per heavy atom. The Labute approximate surface area is 197 Å².